The van der Waals surface area contributed by atoms with Crippen molar-refractivity contribution in [2.45, 2.75) is 40.4 Å². The van der Waals surface area contributed by atoms with E-state index in [0.29, 0.717) is 6.42 Å². The molecule has 6 heteroatoms. The van der Waals surface area contributed by atoms with Crippen LogP contribution in [0.3, 0.4) is 0 Å². The van der Waals surface area contributed by atoms with E-state index in [4.69, 9.17) is 9.47 Å². The zero-order valence-electron chi connectivity index (χ0n) is 12.4. The summed E-state index contributed by atoms with van der Waals surface area (Å²) >= 11 is 0. The monoisotopic (exact) mass is 308 g/mol. The minimum absolute atomic E-state index is 0.146. The number of benzene rings is 1. The van der Waals surface area contributed by atoms with Crippen molar-refractivity contribution < 1.29 is 27.0 Å². The Morgan fingerprint density at radius 1 is 0.810 bits per heavy atom. The Balaban J connectivity index is 2.97. The predicted molar refractivity (Wildman–Crippen MR) is 70.7 cm³/mol. The molecule has 0 radical (unpaired) electrons. The van der Waals surface area contributed by atoms with Crippen LogP contribution in [-0.2, 0) is 22.7 Å². The quantitative estimate of drug-likeness (QED) is 0.404. The molecule has 0 spiro atoms. The largest absolute Gasteiger partial charge is 0.377 e. The van der Waals surface area contributed by atoms with Crippen molar-refractivity contribution in [1.29, 1.82) is 0 Å². The summed E-state index contributed by atoms with van der Waals surface area (Å²) in [5, 5.41) is 0. The molecule has 1 aromatic rings. The van der Waals surface area contributed by atoms with Crippen LogP contribution in [0.2, 0.25) is 0 Å². The topological polar surface area (TPSA) is 18.5 Å². The fraction of sp³-hybridized carbons (Fsp3) is 0.600. The average molecular weight is 308 g/mol. The van der Waals surface area contributed by atoms with Gasteiger partial charge in [-0.25, -0.2) is 17.6 Å². The van der Waals surface area contributed by atoms with Gasteiger partial charge in [0.1, 0.15) is 0 Å². The Bertz CT molecular complexity index is 446. The Kier molecular flexibility index (Phi) is 7.11. The molecule has 0 heterocycles. The number of hydrogen-bond donors (Lipinski definition) is 0. The maximum atomic E-state index is 13.8. The van der Waals surface area contributed by atoms with Gasteiger partial charge in [-0.15, -0.1) is 0 Å². The van der Waals surface area contributed by atoms with Crippen LogP contribution in [0.25, 0.3) is 0 Å². The summed E-state index contributed by atoms with van der Waals surface area (Å²) in [6.07, 6.45) is 0.634. The molecule has 0 bridgehead atoms. The van der Waals surface area contributed by atoms with Gasteiger partial charge in [0.15, 0.2) is 23.3 Å². The summed E-state index contributed by atoms with van der Waals surface area (Å²) in [4.78, 5) is 0. The molecule has 2 nitrogen and oxygen atoms in total. The number of hydrogen-bond acceptors (Lipinski definition) is 2. The maximum Gasteiger partial charge on any atom is 0.167 e. The van der Waals surface area contributed by atoms with Crippen LogP contribution in [0.4, 0.5) is 17.6 Å². The molecule has 0 atom stereocenters. The number of rotatable bonds is 8. The molecular weight excluding hydrogens is 288 g/mol. The number of ether oxygens (including phenoxy) is 2. The van der Waals surface area contributed by atoms with Crippen LogP contribution in [0.1, 0.15) is 38.3 Å². The second-order valence-electron chi connectivity index (χ2n) is 5.17. The summed E-state index contributed by atoms with van der Waals surface area (Å²) in [5.41, 5.74) is -1.46. The average Bonchev–Trinajstić information content (AvgIpc) is 2.44. The van der Waals surface area contributed by atoms with E-state index in [0.717, 1.165) is 0 Å². The molecule has 0 saturated carbocycles. The van der Waals surface area contributed by atoms with Crippen molar-refractivity contribution in [2.75, 3.05) is 13.2 Å². The fourth-order valence-corrected chi connectivity index (χ4v) is 1.69. The first-order valence-electron chi connectivity index (χ1n) is 6.89. The van der Waals surface area contributed by atoms with Gasteiger partial charge in [0.05, 0.1) is 24.3 Å². The summed E-state index contributed by atoms with van der Waals surface area (Å²) in [5.74, 6) is -5.55. The Morgan fingerprint density at radius 3 is 1.62 bits per heavy atom. The summed E-state index contributed by atoms with van der Waals surface area (Å²) in [6, 6.07) is 0. The van der Waals surface area contributed by atoms with Gasteiger partial charge in [-0.3, -0.25) is 0 Å². The van der Waals surface area contributed by atoms with Crippen molar-refractivity contribution in [2.24, 2.45) is 5.92 Å². The molecule has 0 unspecified atom stereocenters. The predicted octanol–water partition coefficient (Wildman–Crippen LogP) is 4.34. The zero-order valence-corrected chi connectivity index (χ0v) is 12.4. The van der Waals surface area contributed by atoms with E-state index < -0.39 is 47.6 Å². The molecule has 0 aliphatic rings. The van der Waals surface area contributed by atoms with Gasteiger partial charge >= 0.3 is 0 Å². The third-order valence-corrected chi connectivity index (χ3v) is 2.74. The summed E-state index contributed by atoms with van der Waals surface area (Å²) in [6.45, 7) is 4.98. The van der Waals surface area contributed by atoms with Crippen LogP contribution in [0.15, 0.2) is 0 Å². The number of halogens is 4. The standard InChI is InChI=1S/C15H20F4O2/c1-4-5-20-7-10-12(16)14(18)11(15(19)13(10)17)8-21-6-9(2)3/h9H,4-8H2,1-3H3. The van der Waals surface area contributed by atoms with Crippen LogP contribution < -0.4 is 0 Å². The van der Waals surface area contributed by atoms with E-state index in [9.17, 15) is 17.6 Å². The van der Waals surface area contributed by atoms with Crippen molar-refractivity contribution in [3.05, 3.63) is 34.4 Å². The lowest BCUT2D eigenvalue weighted by atomic mass is 10.1. The van der Waals surface area contributed by atoms with Crippen molar-refractivity contribution in [3.8, 4) is 0 Å². The first-order valence-corrected chi connectivity index (χ1v) is 6.89. The molecule has 0 aliphatic heterocycles. The highest BCUT2D eigenvalue weighted by atomic mass is 19.2. The molecule has 21 heavy (non-hydrogen) atoms. The van der Waals surface area contributed by atoms with Gasteiger partial charge in [-0.1, -0.05) is 20.8 Å². The van der Waals surface area contributed by atoms with E-state index in [2.05, 4.69) is 0 Å². The van der Waals surface area contributed by atoms with E-state index in [1.165, 1.54) is 0 Å². The second-order valence-corrected chi connectivity index (χ2v) is 5.17. The summed E-state index contributed by atoms with van der Waals surface area (Å²) < 4.78 is 65.2. The maximum absolute atomic E-state index is 13.8. The third kappa shape index (κ3) is 4.68. The van der Waals surface area contributed by atoms with E-state index in [1.807, 2.05) is 20.8 Å². The highest BCUT2D eigenvalue weighted by Gasteiger charge is 2.25. The first kappa shape index (κ1) is 17.9. The fourth-order valence-electron chi connectivity index (χ4n) is 1.69. The van der Waals surface area contributed by atoms with E-state index >= 15 is 0 Å². The molecule has 0 saturated heterocycles. The van der Waals surface area contributed by atoms with Gasteiger partial charge in [-0.05, 0) is 12.3 Å². The van der Waals surface area contributed by atoms with Gasteiger partial charge in [-0.2, -0.15) is 0 Å². The van der Waals surface area contributed by atoms with Crippen LogP contribution in [0.5, 0.6) is 0 Å². The van der Waals surface area contributed by atoms with Crippen molar-refractivity contribution in [3.63, 3.8) is 0 Å². The van der Waals surface area contributed by atoms with E-state index in [-0.39, 0.29) is 19.1 Å². The zero-order chi connectivity index (χ0) is 16.0. The lowest BCUT2D eigenvalue weighted by Gasteiger charge is -2.13. The molecule has 1 aromatic carbocycles. The minimum atomic E-state index is -1.42. The Hall–Kier alpha value is -1.14. The second kappa shape index (κ2) is 8.34. The smallest absolute Gasteiger partial charge is 0.167 e. The minimum Gasteiger partial charge on any atom is -0.377 e. The highest BCUT2D eigenvalue weighted by Crippen LogP contribution is 2.25. The van der Waals surface area contributed by atoms with Crippen molar-refractivity contribution in [1.82, 2.24) is 0 Å². The van der Waals surface area contributed by atoms with Crippen LogP contribution in [0, 0.1) is 29.2 Å². The van der Waals surface area contributed by atoms with Crippen LogP contribution >= 0.6 is 0 Å². The molecule has 1 rings (SSSR count). The lowest BCUT2D eigenvalue weighted by molar-refractivity contribution is 0.0905. The Morgan fingerprint density at radius 2 is 1.24 bits per heavy atom. The molecule has 0 aromatic heterocycles. The van der Waals surface area contributed by atoms with Crippen molar-refractivity contribution >= 4 is 0 Å². The normalized spacial score (nSPS) is 11.4. The molecule has 0 amide bonds. The van der Waals surface area contributed by atoms with Gasteiger partial charge in [0.2, 0.25) is 0 Å². The lowest BCUT2D eigenvalue weighted by Crippen LogP contribution is -2.12. The molecular formula is C15H20F4O2. The molecule has 0 N–H and O–H groups in total. The molecule has 0 aliphatic carbocycles. The summed E-state index contributed by atoms with van der Waals surface area (Å²) in [7, 11) is 0. The van der Waals surface area contributed by atoms with Crippen LogP contribution in [-0.4, -0.2) is 13.2 Å². The Labute approximate surface area is 122 Å². The van der Waals surface area contributed by atoms with Gasteiger partial charge in [0.25, 0.3) is 0 Å². The third-order valence-electron chi connectivity index (χ3n) is 2.74. The molecule has 120 valence electrons. The molecule has 0 fully saturated rings. The van der Waals surface area contributed by atoms with E-state index in [1.54, 1.807) is 0 Å². The highest BCUT2D eigenvalue weighted by molar-refractivity contribution is 5.29. The SMILES string of the molecule is CCCOCc1c(F)c(F)c(COCC(C)C)c(F)c1F. The van der Waals surface area contributed by atoms with Gasteiger partial charge < -0.3 is 9.47 Å². The van der Waals surface area contributed by atoms with Gasteiger partial charge in [0, 0.05) is 13.2 Å². The first-order chi connectivity index (χ1) is 9.90.